The van der Waals surface area contributed by atoms with Gasteiger partial charge in [-0.3, -0.25) is 19.6 Å². The van der Waals surface area contributed by atoms with Crippen LogP contribution in [-0.4, -0.2) is 38.3 Å². The fourth-order valence-electron chi connectivity index (χ4n) is 3.18. The number of amides is 2. The van der Waals surface area contributed by atoms with Crippen molar-refractivity contribution in [3.8, 4) is 5.75 Å². The van der Waals surface area contributed by atoms with Crippen LogP contribution in [0.15, 0.2) is 53.7 Å². The number of para-hydroxylation sites is 2. The van der Waals surface area contributed by atoms with Crippen molar-refractivity contribution < 1.29 is 14.3 Å². The molecular formula is C21H20ClN5O3S. The molecule has 0 fully saturated rings. The average molecular weight is 458 g/mol. The van der Waals surface area contributed by atoms with Gasteiger partial charge >= 0.3 is 0 Å². The molecule has 0 unspecified atom stereocenters. The number of nitrogens with one attached hydrogen (secondary N) is 2. The minimum atomic E-state index is -1.01. The van der Waals surface area contributed by atoms with Crippen molar-refractivity contribution in [2.45, 2.75) is 31.1 Å². The lowest BCUT2D eigenvalue weighted by Crippen LogP contribution is -2.58. The number of thioether (sulfide) groups is 1. The summed E-state index contributed by atoms with van der Waals surface area (Å²) < 4.78 is 5.64. The van der Waals surface area contributed by atoms with Gasteiger partial charge in [0.2, 0.25) is 17.0 Å². The van der Waals surface area contributed by atoms with Gasteiger partial charge in [0.15, 0.2) is 5.82 Å². The Kier molecular flexibility index (Phi) is 5.88. The molecule has 2 aromatic carbocycles. The number of hydrogen-bond donors (Lipinski definition) is 2. The summed E-state index contributed by atoms with van der Waals surface area (Å²) in [6.07, 6.45) is 0. The monoisotopic (exact) mass is 457 g/mol. The largest absolute Gasteiger partial charge is 0.486 e. The van der Waals surface area contributed by atoms with Gasteiger partial charge in [0.1, 0.15) is 17.9 Å². The second-order valence-electron chi connectivity index (χ2n) is 7.36. The summed E-state index contributed by atoms with van der Waals surface area (Å²) in [6, 6.07) is 14.3. The van der Waals surface area contributed by atoms with Crippen molar-refractivity contribution in [2.75, 3.05) is 16.0 Å². The van der Waals surface area contributed by atoms with Crippen LogP contribution in [0.2, 0.25) is 5.02 Å². The van der Waals surface area contributed by atoms with E-state index in [0.29, 0.717) is 33.1 Å². The number of aromatic amines is 1. The maximum absolute atomic E-state index is 13.1. The normalized spacial score (nSPS) is 14.7. The topological polar surface area (TPSA) is 100 Å². The Labute approximate surface area is 188 Å². The van der Waals surface area contributed by atoms with Crippen LogP contribution >= 0.6 is 23.4 Å². The summed E-state index contributed by atoms with van der Waals surface area (Å²) in [6.45, 7) is 3.65. The fourth-order valence-corrected chi connectivity index (χ4v) is 3.97. The molecule has 4 rings (SSSR count). The molecule has 0 aliphatic carbocycles. The number of halogens is 1. The number of benzene rings is 2. The fraction of sp³-hybridized carbons (Fsp3) is 0.238. The standard InChI is InChI=1S/C21H20ClN5O3S/c1-21(2)19(29)23-15-5-3-4-6-16(15)27(21)18(28)12-31-20-24-17(25-26-20)11-30-14-9-7-13(22)8-10-14/h3-10H,11-12H2,1-2H3,(H,23,29)(H,24,25,26). The molecule has 8 nitrogen and oxygen atoms in total. The van der Waals surface area contributed by atoms with E-state index in [-0.39, 0.29) is 24.2 Å². The Hall–Kier alpha value is -3.04. The van der Waals surface area contributed by atoms with E-state index in [2.05, 4.69) is 20.5 Å². The smallest absolute Gasteiger partial charge is 0.250 e. The molecule has 1 aliphatic heterocycles. The highest BCUT2D eigenvalue weighted by atomic mass is 35.5. The van der Waals surface area contributed by atoms with E-state index in [1.807, 2.05) is 18.2 Å². The Morgan fingerprint density at radius 2 is 1.94 bits per heavy atom. The van der Waals surface area contributed by atoms with Gasteiger partial charge in [-0.15, -0.1) is 5.10 Å². The summed E-state index contributed by atoms with van der Waals surface area (Å²) in [4.78, 5) is 31.5. The highest BCUT2D eigenvalue weighted by Gasteiger charge is 2.43. The van der Waals surface area contributed by atoms with Crippen molar-refractivity contribution in [1.29, 1.82) is 0 Å². The quantitative estimate of drug-likeness (QED) is 0.544. The van der Waals surface area contributed by atoms with Crippen LogP contribution in [0.25, 0.3) is 0 Å². The molecule has 0 saturated carbocycles. The molecule has 1 aliphatic rings. The van der Waals surface area contributed by atoms with Gasteiger partial charge in [0.05, 0.1) is 17.1 Å². The van der Waals surface area contributed by atoms with E-state index < -0.39 is 5.54 Å². The molecule has 0 radical (unpaired) electrons. The Balaban J connectivity index is 1.40. The van der Waals surface area contributed by atoms with Gasteiger partial charge in [-0.05, 0) is 50.2 Å². The minimum absolute atomic E-state index is 0.0837. The van der Waals surface area contributed by atoms with Crippen molar-refractivity contribution in [2.24, 2.45) is 0 Å². The first-order chi connectivity index (χ1) is 14.8. The predicted octanol–water partition coefficient (Wildman–Crippen LogP) is 3.89. The number of fused-ring (bicyclic) bond motifs is 1. The summed E-state index contributed by atoms with van der Waals surface area (Å²) in [7, 11) is 0. The van der Waals surface area contributed by atoms with E-state index >= 15 is 0 Å². The lowest BCUT2D eigenvalue weighted by molar-refractivity contribution is -0.125. The zero-order chi connectivity index (χ0) is 22.0. The van der Waals surface area contributed by atoms with Crippen LogP contribution < -0.4 is 15.0 Å². The highest BCUT2D eigenvalue weighted by molar-refractivity contribution is 7.99. The maximum atomic E-state index is 13.1. The third-order valence-corrected chi connectivity index (χ3v) is 5.87. The minimum Gasteiger partial charge on any atom is -0.486 e. The molecule has 31 heavy (non-hydrogen) atoms. The first kappa shape index (κ1) is 21.2. The van der Waals surface area contributed by atoms with Crippen molar-refractivity contribution in [3.63, 3.8) is 0 Å². The lowest BCUT2D eigenvalue weighted by Gasteiger charge is -2.42. The first-order valence-corrected chi connectivity index (χ1v) is 10.9. The summed E-state index contributed by atoms with van der Waals surface area (Å²) >= 11 is 7.06. The average Bonchev–Trinajstić information content (AvgIpc) is 3.20. The summed E-state index contributed by atoms with van der Waals surface area (Å²) in [5.41, 5.74) is 0.275. The van der Waals surface area contributed by atoms with E-state index in [0.717, 1.165) is 0 Å². The van der Waals surface area contributed by atoms with Gasteiger partial charge < -0.3 is 10.1 Å². The second kappa shape index (κ2) is 8.60. The van der Waals surface area contributed by atoms with Gasteiger partial charge in [0.25, 0.3) is 0 Å². The maximum Gasteiger partial charge on any atom is 0.250 e. The van der Waals surface area contributed by atoms with Gasteiger partial charge in [-0.25, -0.2) is 4.98 Å². The van der Waals surface area contributed by atoms with Crippen LogP contribution in [-0.2, 0) is 16.2 Å². The SMILES string of the molecule is CC1(C)C(=O)Nc2ccccc2N1C(=O)CSc1n[nH]c(COc2ccc(Cl)cc2)n1. The summed E-state index contributed by atoms with van der Waals surface area (Å²) in [5.74, 6) is 0.841. The van der Waals surface area contributed by atoms with Crippen LogP contribution in [0, 0.1) is 0 Å². The second-order valence-corrected chi connectivity index (χ2v) is 8.73. The molecule has 3 aromatic rings. The molecule has 0 saturated heterocycles. The molecule has 160 valence electrons. The number of rotatable bonds is 6. The molecule has 2 N–H and O–H groups in total. The summed E-state index contributed by atoms with van der Waals surface area (Å²) in [5, 5.41) is 10.8. The van der Waals surface area contributed by atoms with Crippen molar-refractivity contribution >= 4 is 46.6 Å². The number of anilines is 2. The Morgan fingerprint density at radius 3 is 2.71 bits per heavy atom. The third kappa shape index (κ3) is 4.52. The van der Waals surface area contributed by atoms with E-state index in [4.69, 9.17) is 16.3 Å². The molecule has 0 bridgehead atoms. The zero-order valence-corrected chi connectivity index (χ0v) is 18.5. The van der Waals surface area contributed by atoms with Crippen LogP contribution in [0.4, 0.5) is 11.4 Å². The number of H-pyrrole nitrogens is 1. The Morgan fingerprint density at radius 1 is 1.19 bits per heavy atom. The zero-order valence-electron chi connectivity index (χ0n) is 16.9. The van der Waals surface area contributed by atoms with Gasteiger partial charge in [-0.2, -0.15) is 0 Å². The predicted molar refractivity (Wildman–Crippen MR) is 120 cm³/mol. The van der Waals surface area contributed by atoms with Crippen molar-refractivity contribution in [3.05, 3.63) is 59.4 Å². The molecule has 0 spiro atoms. The van der Waals surface area contributed by atoms with Crippen LogP contribution in [0.1, 0.15) is 19.7 Å². The molecule has 2 amide bonds. The number of aromatic nitrogens is 3. The number of ether oxygens (including phenoxy) is 1. The van der Waals surface area contributed by atoms with Crippen LogP contribution in [0.5, 0.6) is 5.75 Å². The van der Waals surface area contributed by atoms with Crippen LogP contribution in [0.3, 0.4) is 0 Å². The van der Waals surface area contributed by atoms with E-state index in [9.17, 15) is 9.59 Å². The van der Waals surface area contributed by atoms with Gasteiger partial charge in [-0.1, -0.05) is 35.5 Å². The van der Waals surface area contributed by atoms with Gasteiger partial charge in [0, 0.05) is 5.02 Å². The molecule has 10 heteroatoms. The highest BCUT2D eigenvalue weighted by Crippen LogP contribution is 2.37. The Bertz CT molecular complexity index is 1120. The van der Waals surface area contributed by atoms with E-state index in [1.165, 1.54) is 16.7 Å². The number of carbonyl (C=O) groups is 2. The molecule has 0 atom stereocenters. The number of hydrogen-bond acceptors (Lipinski definition) is 6. The van der Waals surface area contributed by atoms with Crippen molar-refractivity contribution in [1.82, 2.24) is 15.2 Å². The first-order valence-electron chi connectivity index (χ1n) is 9.50. The molecular weight excluding hydrogens is 438 g/mol. The van der Waals surface area contributed by atoms with E-state index in [1.54, 1.807) is 44.2 Å². The third-order valence-electron chi connectivity index (χ3n) is 4.78. The number of nitrogens with zero attached hydrogens (tertiary/aromatic N) is 3. The molecule has 2 heterocycles. The number of carbonyl (C=O) groups excluding carboxylic acids is 2. The molecule has 1 aromatic heterocycles. The lowest BCUT2D eigenvalue weighted by atomic mass is 9.96.